The number of halogens is 2. The van der Waals surface area contributed by atoms with Gasteiger partial charge in [0.2, 0.25) is 11.7 Å². The number of ether oxygens (including phenoxy) is 1. The van der Waals surface area contributed by atoms with Gasteiger partial charge in [0.1, 0.15) is 0 Å². The maximum atomic E-state index is 13.5. The summed E-state index contributed by atoms with van der Waals surface area (Å²) >= 11 is 0. The Bertz CT molecular complexity index is 588. The molecule has 1 N–H and O–H groups in total. The zero-order valence-electron chi connectivity index (χ0n) is 11.4. The molecule has 5 heteroatoms. The van der Waals surface area contributed by atoms with Gasteiger partial charge >= 0.3 is 0 Å². The SMILES string of the molecule is CC(C)NCc1ccnc(Oc2cccc(F)c2F)c1. The van der Waals surface area contributed by atoms with Crippen LogP contribution in [0.5, 0.6) is 11.6 Å². The fraction of sp³-hybridized carbons (Fsp3) is 0.267. The molecule has 0 saturated carbocycles. The van der Waals surface area contributed by atoms with E-state index in [1.807, 2.05) is 19.9 Å². The van der Waals surface area contributed by atoms with E-state index in [1.165, 1.54) is 12.1 Å². The van der Waals surface area contributed by atoms with Gasteiger partial charge in [-0.15, -0.1) is 0 Å². The number of pyridine rings is 1. The van der Waals surface area contributed by atoms with E-state index in [2.05, 4.69) is 10.3 Å². The van der Waals surface area contributed by atoms with Gasteiger partial charge < -0.3 is 10.1 Å². The summed E-state index contributed by atoms with van der Waals surface area (Å²) in [6.45, 7) is 4.74. The standard InChI is InChI=1S/C15H16F2N2O/c1-10(2)19-9-11-6-7-18-14(8-11)20-13-5-3-4-12(16)15(13)17/h3-8,10,19H,9H2,1-2H3. The van der Waals surface area contributed by atoms with Gasteiger partial charge in [0.15, 0.2) is 11.6 Å². The monoisotopic (exact) mass is 278 g/mol. The molecule has 0 atom stereocenters. The fourth-order valence-electron chi connectivity index (χ4n) is 1.61. The number of nitrogens with zero attached hydrogens (tertiary/aromatic N) is 1. The van der Waals surface area contributed by atoms with Crippen molar-refractivity contribution in [1.82, 2.24) is 10.3 Å². The van der Waals surface area contributed by atoms with Crippen LogP contribution in [0.1, 0.15) is 19.4 Å². The number of nitrogens with one attached hydrogen (secondary N) is 1. The first kappa shape index (κ1) is 14.4. The quantitative estimate of drug-likeness (QED) is 0.906. The van der Waals surface area contributed by atoms with Gasteiger partial charge in [-0.1, -0.05) is 19.9 Å². The predicted octanol–water partition coefficient (Wildman–Crippen LogP) is 3.65. The molecule has 106 valence electrons. The van der Waals surface area contributed by atoms with Crippen LogP contribution in [0.15, 0.2) is 36.5 Å². The number of benzene rings is 1. The summed E-state index contributed by atoms with van der Waals surface area (Å²) in [6, 6.07) is 7.67. The second kappa shape index (κ2) is 6.43. The third-order valence-corrected chi connectivity index (χ3v) is 2.64. The van der Waals surface area contributed by atoms with Gasteiger partial charge in [-0.05, 0) is 23.8 Å². The Hall–Kier alpha value is -2.01. The lowest BCUT2D eigenvalue weighted by Crippen LogP contribution is -2.21. The van der Waals surface area contributed by atoms with Crippen LogP contribution in [0.4, 0.5) is 8.78 Å². The third-order valence-electron chi connectivity index (χ3n) is 2.64. The maximum absolute atomic E-state index is 13.5. The summed E-state index contributed by atoms with van der Waals surface area (Å²) in [4.78, 5) is 3.99. The number of aromatic nitrogens is 1. The Morgan fingerprint density at radius 3 is 2.80 bits per heavy atom. The Labute approximate surface area is 116 Å². The van der Waals surface area contributed by atoms with E-state index in [1.54, 1.807) is 12.3 Å². The van der Waals surface area contributed by atoms with Crippen molar-refractivity contribution in [2.75, 3.05) is 0 Å². The maximum Gasteiger partial charge on any atom is 0.219 e. The Balaban J connectivity index is 2.13. The molecule has 0 aliphatic rings. The normalized spacial score (nSPS) is 10.8. The Kier molecular flexibility index (Phi) is 4.63. The molecule has 0 amide bonds. The van der Waals surface area contributed by atoms with E-state index in [9.17, 15) is 8.78 Å². The molecule has 1 heterocycles. The van der Waals surface area contributed by atoms with Crippen LogP contribution < -0.4 is 10.1 Å². The lowest BCUT2D eigenvalue weighted by molar-refractivity contribution is 0.405. The largest absolute Gasteiger partial charge is 0.436 e. The number of hydrogen-bond acceptors (Lipinski definition) is 3. The molecule has 0 spiro atoms. The van der Waals surface area contributed by atoms with Gasteiger partial charge in [0.05, 0.1) is 0 Å². The third kappa shape index (κ3) is 3.74. The Morgan fingerprint density at radius 2 is 2.05 bits per heavy atom. The first-order chi connectivity index (χ1) is 9.56. The molecule has 1 aromatic carbocycles. The molecule has 0 aliphatic heterocycles. The average molecular weight is 278 g/mol. The number of hydrogen-bond donors (Lipinski definition) is 1. The summed E-state index contributed by atoms with van der Waals surface area (Å²) in [5.74, 6) is -1.90. The minimum absolute atomic E-state index is 0.175. The molecule has 0 unspecified atom stereocenters. The van der Waals surface area contributed by atoms with E-state index in [0.29, 0.717) is 12.6 Å². The lowest BCUT2D eigenvalue weighted by atomic mass is 10.2. The van der Waals surface area contributed by atoms with Crippen LogP contribution in [-0.2, 0) is 6.54 Å². The second-order valence-electron chi connectivity index (χ2n) is 4.69. The number of rotatable bonds is 5. The van der Waals surface area contributed by atoms with E-state index in [-0.39, 0.29) is 11.6 Å². The zero-order valence-corrected chi connectivity index (χ0v) is 11.4. The van der Waals surface area contributed by atoms with E-state index >= 15 is 0 Å². The molecule has 0 aliphatic carbocycles. The molecule has 2 rings (SSSR count). The molecule has 20 heavy (non-hydrogen) atoms. The van der Waals surface area contributed by atoms with E-state index < -0.39 is 11.6 Å². The summed E-state index contributed by atoms with van der Waals surface area (Å²) in [6.07, 6.45) is 1.57. The highest BCUT2D eigenvalue weighted by atomic mass is 19.2. The smallest absolute Gasteiger partial charge is 0.219 e. The fourth-order valence-corrected chi connectivity index (χ4v) is 1.61. The van der Waals surface area contributed by atoms with Gasteiger partial charge in [-0.25, -0.2) is 9.37 Å². The van der Waals surface area contributed by atoms with E-state index in [0.717, 1.165) is 11.6 Å². The van der Waals surface area contributed by atoms with Gasteiger partial charge in [0.25, 0.3) is 0 Å². The van der Waals surface area contributed by atoms with Gasteiger partial charge in [0, 0.05) is 24.8 Å². The summed E-state index contributed by atoms with van der Waals surface area (Å²) in [7, 11) is 0. The summed E-state index contributed by atoms with van der Waals surface area (Å²) in [5.41, 5.74) is 0.959. The van der Waals surface area contributed by atoms with Crippen molar-refractivity contribution in [2.45, 2.75) is 26.4 Å². The van der Waals surface area contributed by atoms with Crippen molar-refractivity contribution in [3.63, 3.8) is 0 Å². The van der Waals surface area contributed by atoms with Crippen LogP contribution in [0, 0.1) is 11.6 Å². The molecule has 2 aromatic rings. The highest BCUT2D eigenvalue weighted by Gasteiger charge is 2.10. The van der Waals surface area contributed by atoms with Crippen molar-refractivity contribution in [3.8, 4) is 11.6 Å². The average Bonchev–Trinajstić information content (AvgIpc) is 2.42. The van der Waals surface area contributed by atoms with Crippen LogP contribution in [-0.4, -0.2) is 11.0 Å². The van der Waals surface area contributed by atoms with Crippen LogP contribution in [0.25, 0.3) is 0 Å². The second-order valence-corrected chi connectivity index (χ2v) is 4.69. The molecule has 3 nitrogen and oxygen atoms in total. The summed E-state index contributed by atoms with van der Waals surface area (Å²) < 4.78 is 31.9. The topological polar surface area (TPSA) is 34.2 Å². The lowest BCUT2D eigenvalue weighted by Gasteiger charge is -2.10. The van der Waals surface area contributed by atoms with Gasteiger partial charge in [-0.2, -0.15) is 4.39 Å². The minimum atomic E-state index is -1.01. The van der Waals surface area contributed by atoms with Crippen LogP contribution >= 0.6 is 0 Å². The van der Waals surface area contributed by atoms with Gasteiger partial charge in [-0.3, -0.25) is 0 Å². The molecule has 0 fully saturated rings. The predicted molar refractivity (Wildman–Crippen MR) is 72.6 cm³/mol. The highest BCUT2D eigenvalue weighted by Crippen LogP contribution is 2.24. The Morgan fingerprint density at radius 1 is 1.25 bits per heavy atom. The van der Waals surface area contributed by atoms with Crippen molar-refractivity contribution in [3.05, 3.63) is 53.7 Å². The van der Waals surface area contributed by atoms with Crippen LogP contribution in [0.3, 0.4) is 0 Å². The van der Waals surface area contributed by atoms with Crippen molar-refractivity contribution < 1.29 is 13.5 Å². The molecular weight excluding hydrogens is 262 g/mol. The van der Waals surface area contributed by atoms with Crippen molar-refractivity contribution in [2.24, 2.45) is 0 Å². The van der Waals surface area contributed by atoms with Crippen molar-refractivity contribution in [1.29, 1.82) is 0 Å². The molecule has 0 radical (unpaired) electrons. The summed E-state index contributed by atoms with van der Waals surface area (Å²) in [5, 5.41) is 3.26. The molecule has 0 saturated heterocycles. The minimum Gasteiger partial charge on any atom is -0.436 e. The zero-order chi connectivity index (χ0) is 14.5. The van der Waals surface area contributed by atoms with Crippen LogP contribution in [0.2, 0.25) is 0 Å². The highest BCUT2D eigenvalue weighted by molar-refractivity contribution is 5.30. The first-order valence-corrected chi connectivity index (χ1v) is 6.36. The van der Waals surface area contributed by atoms with Crippen molar-refractivity contribution >= 4 is 0 Å². The molecule has 0 bridgehead atoms. The molecule has 1 aromatic heterocycles. The van der Waals surface area contributed by atoms with E-state index in [4.69, 9.17) is 4.74 Å². The molecular formula is C15H16F2N2O. The first-order valence-electron chi connectivity index (χ1n) is 6.36.